The molecule has 0 atom stereocenters. The van der Waals surface area contributed by atoms with Crippen LogP contribution in [-0.2, 0) is 17.8 Å². The summed E-state index contributed by atoms with van der Waals surface area (Å²) in [7, 11) is 0. The van der Waals surface area contributed by atoms with Crippen LogP contribution in [0.5, 0.6) is 0 Å². The van der Waals surface area contributed by atoms with Crippen molar-refractivity contribution in [1.29, 1.82) is 0 Å². The summed E-state index contributed by atoms with van der Waals surface area (Å²) in [6.07, 6.45) is 3.60. The molecule has 2 heterocycles. The lowest BCUT2D eigenvalue weighted by Gasteiger charge is -2.36. The Morgan fingerprint density at radius 1 is 1.14 bits per heavy atom. The van der Waals surface area contributed by atoms with Crippen LogP contribution in [0, 0.1) is 6.92 Å². The lowest BCUT2D eigenvalue weighted by Crippen LogP contribution is -2.50. The van der Waals surface area contributed by atoms with Crippen molar-refractivity contribution in [2.45, 2.75) is 38.4 Å². The molecule has 1 amide bonds. The van der Waals surface area contributed by atoms with Crippen LogP contribution in [0.4, 0.5) is 5.69 Å². The molecule has 0 spiro atoms. The lowest BCUT2D eigenvalue weighted by molar-refractivity contribution is -0.132. The van der Waals surface area contributed by atoms with Crippen molar-refractivity contribution in [3.8, 4) is 0 Å². The SMILES string of the molecule is CCCc1cc(=O)n(CC(=O)N2CCN(c3ccc(C)cc3)CC2)c(SC)n1. The molecule has 1 fully saturated rings. The average molecular weight is 401 g/mol. The van der Waals surface area contributed by atoms with E-state index in [1.54, 1.807) is 6.07 Å². The first-order valence-electron chi connectivity index (χ1n) is 9.76. The van der Waals surface area contributed by atoms with Gasteiger partial charge in [0.1, 0.15) is 6.54 Å². The summed E-state index contributed by atoms with van der Waals surface area (Å²) in [6.45, 7) is 7.12. The molecule has 1 aromatic heterocycles. The number of thioether (sulfide) groups is 1. The van der Waals surface area contributed by atoms with Crippen LogP contribution in [0.2, 0.25) is 0 Å². The zero-order valence-corrected chi connectivity index (χ0v) is 17.7. The van der Waals surface area contributed by atoms with Crippen molar-refractivity contribution in [2.24, 2.45) is 0 Å². The second-order valence-corrected chi connectivity index (χ2v) is 7.89. The minimum Gasteiger partial charge on any atom is -0.368 e. The van der Waals surface area contributed by atoms with Crippen molar-refractivity contribution in [3.05, 3.63) is 51.9 Å². The highest BCUT2D eigenvalue weighted by molar-refractivity contribution is 7.98. The number of rotatable bonds is 6. The largest absolute Gasteiger partial charge is 0.368 e. The number of anilines is 1. The summed E-state index contributed by atoms with van der Waals surface area (Å²) in [5, 5.41) is 0.614. The maximum absolute atomic E-state index is 12.8. The summed E-state index contributed by atoms with van der Waals surface area (Å²) < 4.78 is 1.50. The van der Waals surface area contributed by atoms with Crippen molar-refractivity contribution in [1.82, 2.24) is 14.5 Å². The Hall–Kier alpha value is -2.28. The monoisotopic (exact) mass is 400 g/mol. The van der Waals surface area contributed by atoms with Gasteiger partial charge in [-0.15, -0.1) is 0 Å². The highest BCUT2D eigenvalue weighted by atomic mass is 32.2. The maximum atomic E-state index is 12.8. The molecular weight excluding hydrogens is 372 g/mol. The maximum Gasteiger partial charge on any atom is 0.254 e. The predicted octanol–water partition coefficient (Wildman–Crippen LogP) is 2.57. The van der Waals surface area contributed by atoms with E-state index in [9.17, 15) is 9.59 Å². The molecule has 2 aromatic rings. The Morgan fingerprint density at radius 2 is 1.82 bits per heavy atom. The molecule has 1 aromatic carbocycles. The first-order valence-corrected chi connectivity index (χ1v) is 11.0. The lowest BCUT2D eigenvalue weighted by atomic mass is 10.2. The number of hydrogen-bond acceptors (Lipinski definition) is 5. The van der Waals surface area contributed by atoms with E-state index in [-0.39, 0.29) is 18.0 Å². The molecule has 7 heteroatoms. The van der Waals surface area contributed by atoms with Crippen LogP contribution in [0.25, 0.3) is 0 Å². The standard InChI is InChI=1S/C21H28N4O2S/c1-4-5-17-14-19(26)25(21(22-17)28-3)15-20(27)24-12-10-23(11-13-24)18-8-6-16(2)7-9-18/h6-9,14H,4-5,10-13,15H2,1-3H3. The first-order chi connectivity index (χ1) is 13.5. The second kappa shape index (κ2) is 9.28. The Bertz CT molecular complexity index is 871. The van der Waals surface area contributed by atoms with E-state index in [2.05, 4.69) is 48.0 Å². The molecule has 150 valence electrons. The predicted molar refractivity (Wildman–Crippen MR) is 114 cm³/mol. The van der Waals surface area contributed by atoms with Gasteiger partial charge in [0.15, 0.2) is 5.16 Å². The van der Waals surface area contributed by atoms with Gasteiger partial charge in [-0.2, -0.15) is 0 Å². The van der Waals surface area contributed by atoms with E-state index in [1.165, 1.54) is 27.6 Å². The Morgan fingerprint density at radius 3 is 2.43 bits per heavy atom. The summed E-state index contributed by atoms with van der Waals surface area (Å²) >= 11 is 1.41. The number of amides is 1. The van der Waals surface area contributed by atoms with Gasteiger partial charge in [-0.05, 0) is 31.7 Å². The topological polar surface area (TPSA) is 58.4 Å². The molecule has 1 aliphatic rings. The molecular formula is C21H28N4O2S. The van der Waals surface area contributed by atoms with Crippen LogP contribution in [-0.4, -0.2) is 52.8 Å². The third-order valence-electron chi connectivity index (χ3n) is 5.04. The van der Waals surface area contributed by atoms with E-state index < -0.39 is 0 Å². The van der Waals surface area contributed by atoms with Gasteiger partial charge >= 0.3 is 0 Å². The van der Waals surface area contributed by atoms with E-state index in [4.69, 9.17) is 0 Å². The van der Waals surface area contributed by atoms with Gasteiger partial charge < -0.3 is 9.80 Å². The minimum absolute atomic E-state index is 0.0222. The van der Waals surface area contributed by atoms with Gasteiger partial charge in [-0.25, -0.2) is 4.98 Å². The number of aromatic nitrogens is 2. The number of carbonyl (C=O) groups excluding carboxylic acids is 1. The normalized spacial score (nSPS) is 14.4. The summed E-state index contributed by atoms with van der Waals surface area (Å²) in [5.74, 6) is -0.0222. The third kappa shape index (κ3) is 4.76. The second-order valence-electron chi connectivity index (χ2n) is 7.11. The molecule has 0 radical (unpaired) electrons. The molecule has 0 bridgehead atoms. The van der Waals surface area contributed by atoms with Gasteiger partial charge in [0, 0.05) is 43.6 Å². The van der Waals surface area contributed by atoms with E-state index in [0.717, 1.165) is 31.6 Å². The quantitative estimate of drug-likeness (QED) is 0.551. The Balaban J connectivity index is 1.64. The number of carbonyl (C=O) groups is 1. The molecule has 1 saturated heterocycles. The van der Waals surface area contributed by atoms with Crippen LogP contribution in [0.1, 0.15) is 24.6 Å². The van der Waals surface area contributed by atoms with Crippen molar-refractivity contribution in [3.63, 3.8) is 0 Å². The van der Waals surface area contributed by atoms with Gasteiger partial charge in [0.2, 0.25) is 5.91 Å². The van der Waals surface area contributed by atoms with Crippen LogP contribution >= 0.6 is 11.8 Å². The Labute approximate surface area is 170 Å². The molecule has 3 rings (SSSR count). The summed E-state index contributed by atoms with van der Waals surface area (Å²) in [4.78, 5) is 34.0. The van der Waals surface area contributed by atoms with Crippen molar-refractivity contribution >= 4 is 23.4 Å². The van der Waals surface area contributed by atoms with Gasteiger partial charge in [0.25, 0.3) is 5.56 Å². The smallest absolute Gasteiger partial charge is 0.254 e. The fraction of sp³-hybridized carbons (Fsp3) is 0.476. The zero-order chi connectivity index (χ0) is 20.1. The number of nitrogens with zero attached hydrogens (tertiary/aromatic N) is 4. The average Bonchev–Trinajstić information content (AvgIpc) is 2.70. The number of aryl methyl sites for hydroxylation is 2. The molecule has 28 heavy (non-hydrogen) atoms. The van der Waals surface area contributed by atoms with Gasteiger partial charge in [-0.1, -0.05) is 42.8 Å². The van der Waals surface area contributed by atoms with Gasteiger partial charge in [-0.3, -0.25) is 14.2 Å². The summed E-state index contributed by atoms with van der Waals surface area (Å²) in [6, 6.07) is 10.0. The highest BCUT2D eigenvalue weighted by Crippen LogP contribution is 2.18. The number of benzene rings is 1. The fourth-order valence-electron chi connectivity index (χ4n) is 3.42. The van der Waals surface area contributed by atoms with Gasteiger partial charge in [0.05, 0.1) is 0 Å². The van der Waals surface area contributed by atoms with Crippen LogP contribution in [0.3, 0.4) is 0 Å². The number of hydrogen-bond donors (Lipinski definition) is 0. The molecule has 6 nitrogen and oxygen atoms in total. The highest BCUT2D eigenvalue weighted by Gasteiger charge is 2.22. The van der Waals surface area contributed by atoms with E-state index in [0.29, 0.717) is 18.2 Å². The number of piperazine rings is 1. The van der Waals surface area contributed by atoms with E-state index >= 15 is 0 Å². The molecule has 0 aliphatic carbocycles. The van der Waals surface area contributed by atoms with Crippen molar-refractivity contribution < 1.29 is 4.79 Å². The molecule has 1 aliphatic heterocycles. The molecule has 0 saturated carbocycles. The third-order valence-corrected chi connectivity index (χ3v) is 5.72. The molecule has 0 N–H and O–H groups in total. The minimum atomic E-state index is -0.144. The van der Waals surface area contributed by atoms with E-state index in [1.807, 2.05) is 11.2 Å². The van der Waals surface area contributed by atoms with Crippen LogP contribution < -0.4 is 10.5 Å². The molecule has 0 unspecified atom stereocenters. The zero-order valence-electron chi connectivity index (χ0n) is 16.9. The van der Waals surface area contributed by atoms with Crippen molar-refractivity contribution in [2.75, 3.05) is 37.3 Å². The summed E-state index contributed by atoms with van der Waals surface area (Å²) in [5.41, 5.74) is 3.09. The first kappa shape index (κ1) is 20.5. The Kier molecular flexibility index (Phi) is 6.78. The van der Waals surface area contributed by atoms with Crippen LogP contribution in [0.15, 0.2) is 40.3 Å². The fourth-order valence-corrected chi connectivity index (χ4v) is 4.00.